The minimum atomic E-state index is 0.178. The zero-order valence-electron chi connectivity index (χ0n) is 11.2. The summed E-state index contributed by atoms with van der Waals surface area (Å²) in [5.41, 5.74) is 2.32. The van der Waals surface area contributed by atoms with Gasteiger partial charge >= 0.3 is 0 Å². The van der Waals surface area contributed by atoms with Gasteiger partial charge in [0.15, 0.2) is 0 Å². The summed E-state index contributed by atoms with van der Waals surface area (Å²) in [7, 11) is 0. The van der Waals surface area contributed by atoms with Crippen LogP contribution in [-0.2, 0) is 0 Å². The molecule has 1 aliphatic heterocycles. The van der Waals surface area contributed by atoms with Gasteiger partial charge in [-0.25, -0.2) is 0 Å². The van der Waals surface area contributed by atoms with Crippen LogP contribution in [0.1, 0.15) is 0 Å². The Morgan fingerprint density at radius 2 is 1.55 bits per heavy atom. The average Bonchev–Trinajstić information content (AvgIpc) is 2.49. The van der Waals surface area contributed by atoms with Crippen LogP contribution in [0.25, 0.3) is 11.1 Å². The van der Waals surface area contributed by atoms with Gasteiger partial charge in [0.05, 0.1) is 0 Å². The van der Waals surface area contributed by atoms with Gasteiger partial charge in [-0.15, -0.1) is 0 Å². The minimum absolute atomic E-state index is 0.178. The van der Waals surface area contributed by atoms with Crippen LogP contribution < -0.4 is 10.2 Å². The number of piperazine rings is 1. The molecule has 2 aromatic carbocycles. The molecule has 3 rings (SSSR count). The molecule has 0 atom stereocenters. The maximum Gasteiger partial charge on any atom is 0.125 e. The van der Waals surface area contributed by atoms with Gasteiger partial charge in [0.2, 0.25) is 0 Å². The number of nitrogens with zero attached hydrogens (tertiary/aromatic N) is 1. The molecule has 0 radical (unpaired) electrons. The first-order valence-corrected chi connectivity index (χ1v) is 6.83. The molecule has 3 N–H and O–H groups in total. The lowest BCUT2D eigenvalue weighted by molar-refractivity contribution is 0.469. The van der Waals surface area contributed by atoms with Crippen molar-refractivity contribution in [3.05, 3.63) is 42.5 Å². The molecule has 1 fully saturated rings. The zero-order chi connectivity index (χ0) is 13.9. The standard InChI is InChI=1S/C16H18N2O2/c19-15-4-2-1-3-13(15)14-6-5-12(11-16(14)20)18-9-7-17-8-10-18/h1-6,11,17,19-20H,7-10H2. The molecule has 0 bridgehead atoms. The number of anilines is 1. The number of hydrogen-bond donors (Lipinski definition) is 3. The van der Waals surface area contributed by atoms with E-state index in [1.807, 2.05) is 18.2 Å². The van der Waals surface area contributed by atoms with E-state index < -0.39 is 0 Å². The van der Waals surface area contributed by atoms with Crippen LogP contribution in [0.4, 0.5) is 5.69 Å². The van der Waals surface area contributed by atoms with E-state index in [2.05, 4.69) is 10.2 Å². The second kappa shape index (κ2) is 5.43. The van der Waals surface area contributed by atoms with E-state index in [9.17, 15) is 10.2 Å². The van der Waals surface area contributed by atoms with Crippen molar-refractivity contribution >= 4 is 5.69 Å². The highest BCUT2D eigenvalue weighted by molar-refractivity contribution is 5.77. The van der Waals surface area contributed by atoms with Crippen LogP contribution in [0.15, 0.2) is 42.5 Å². The minimum Gasteiger partial charge on any atom is -0.507 e. The molecule has 2 aromatic rings. The second-order valence-electron chi connectivity index (χ2n) is 4.96. The Morgan fingerprint density at radius 3 is 2.25 bits per heavy atom. The fourth-order valence-corrected chi connectivity index (χ4v) is 2.57. The van der Waals surface area contributed by atoms with Crippen molar-refractivity contribution in [2.24, 2.45) is 0 Å². The Kier molecular flexibility index (Phi) is 3.48. The van der Waals surface area contributed by atoms with Gasteiger partial charge < -0.3 is 20.4 Å². The largest absolute Gasteiger partial charge is 0.507 e. The van der Waals surface area contributed by atoms with Crippen LogP contribution >= 0.6 is 0 Å². The number of para-hydroxylation sites is 1. The van der Waals surface area contributed by atoms with Gasteiger partial charge in [-0.2, -0.15) is 0 Å². The second-order valence-corrected chi connectivity index (χ2v) is 4.96. The van der Waals surface area contributed by atoms with Crippen molar-refractivity contribution in [2.45, 2.75) is 0 Å². The van der Waals surface area contributed by atoms with Gasteiger partial charge in [-0.3, -0.25) is 0 Å². The number of hydrogen-bond acceptors (Lipinski definition) is 4. The molecule has 4 heteroatoms. The van der Waals surface area contributed by atoms with E-state index in [-0.39, 0.29) is 11.5 Å². The molecule has 4 nitrogen and oxygen atoms in total. The molecular formula is C16H18N2O2. The van der Waals surface area contributed by atoms with Crippen molar-refractivity contribution in [3.63, 3.8) is 0 Å². The number of phenols is 2. The summed E-state index contributed by atoms with van der Waals surface area (Å²) < 4.78 is 0. The van der Waals surface area contributed by atoms with Gasteiger partial charge in [0, 0.05) is 49.1 Å². The Labute approximate surface area is 118 Å². The summed E-state index contributed by atoms with van der Waals surface area (Å²) in [6, 6.07) is 12.7. The average molecular weight is 270 g/mol. The molecule has 0 saturated carbocycles. The van der Waals surface area contributed by atoms with Crippen LogP contribution in [-0.4, -0.2) is 36.4 Å². The predicted molar refractivity (Wildman–Crippen MR) is 80.3 cm³/mol. The summed E-state index contributed by atoms with van der Waals surface area (Å²) in [4.78, 5) is 2.24. The molecule has 0 spiro atoms. The Morgan fingerprint density at radius 1 is 0.850 bits per heavy atom. The topological polar surface area (TPSA) is 55.7 Å². The van der Waals surface area contributed by atoms with Gasteiger partial charge in [-0.1, -0.05) is 18.2 Å². The Hall–Kier alpha value is -2.20. The number of benzene rings is 2. The highest BCUT2D eigenvalue weighted by atomic mass is 16.3. The lowest BCUT2D eigenvalue weighted by Gasteiger charge is -2.29. The molecule has 1 aliphatic rings. The first kappa shape index (κ1) is 12.8. The summed E-state index contributed by atoms with van der Waals surface area (Å²) >= 11 is 0. The van der Waals surface area contributed by atoms with Crippen LogP contribution in [0.3, 0.4) is 0 Å². The van der Waals surface area contributed by atoms with Crippen LogP contribution in [0.5, 0.6) is 11.5 Å². The highest BCUT2D eigenvalue weighted by Gasteiger charge is 2.14. The lowest BCUT2D eigenvalue weighted by atomic mass is 10.0. The highest BCUT2D eigenvalue weighted by Crippen LogP contribution is 2.37. The number of phenolic OH excluding ortho intramolecular Hbond substituents is 2. The fourth-order valence-electron chi connectivity index (χ4n) is 2.57. The molecule has 0 amide bonds. The summed E-state index contributed by atoms with van der Waals surface area (Å²) in [5, 5.41) is 23.4. The van der Waals surface area contributed by atoms with E-state index >= 15 is 0 Å². The predicted octanol–water partition coefficient (Wildman–Crippen LogP) is 2.17. The normalized spacial score (nSPS) is 15.3. The maximum absolute atomic E-state index is 10.2. The lowest BCUT2D eigenvalue weighted by Crippen LogP contribution is -2.43. The summed E-state index contributed by atoms with van der Waals surface area (Å²) in [5.74, 6) is 0.375. The fraction of sp³-hybridized carbons (Fsp3) is 0.250. The SMILES string of the molecule is Oc1ccccc1-c1ccc(N2CCNCC2)cc1O. The van der Waals surface area contributed by atoms with Crippen molar-refractivity contribution in [1.82, 2.24) is 5.32 Å². The van der Waals surface area contributed by atoms with Crippen LogP contribution in [0.2, 0.25) is 0 Å². The Balaban J connectivity index is 1.93. The van der Waals surface area contributed by atoms with E-state index in [0.29, 0.717) is 11.1 Å². The molecule has 104 valence electrons. The number of aromatic hydroxyl groups is 2. The molecule has 20 heavy (non-hydrogen) atoms. The zero-order valence-corrected chi connectivity index (χ0v) is 11.2. The summed E-state index contributed by atoms with van der Waals surface area (Å²) in [6.07, 6.45) is 0. The Bertz CT molecular complexity index is 607. The third-order valence-electron chi connectivity index (χ3n) is 3.66. The quantitative estimate of drug-likeness (QED) is 0.783. The smallest absolute Gasteiger partial charge is 0.125 e. The van der Waals surface area contributed by atoms with Crippen molar-refractivity contribution in [3.8, 4) is 22.6 Å². The molecule has 0 aliphatic carbocycles. The third-order valence-corrected chi connectivity index (χ3v) is 3.66. The first-order chi connectivity index (χ1) is 9.75. The molecule has 0 unspecified atom stereocenters. The van der Waals surface area contributed by atoms with Crippen molar-refractivity contribution in [2.75, 3.05) is 31.1 Å². The van der Waals surface area contributed by atoms with Crippen molar-refractivity contribution < 1.29 is 10.2 Å². The molecule has 1 heterocycles. The first-order valence-electron chi connectivity index (χ1n) is 6.83. The number of nitrogens with one attached hydrogen (secondary N) is 1. The van der Waals surface area contributed by atoms with E-state index in [1.165, 1.54) is 0 Å². The third kappa shape index (κ3) is 2.42. The van der Waals surface area contributed by atoms with E-state index in [1.54, 1.807) is 24.3 Å². The molecule has 1 saturated heterocycles. The van der Waals surface area contributed by atoms with Gasteiger partial charge in [0.25, 0.3) is 0 Å². The molecule has 0 aromatic heterocycles. The van der Waals surface area contributed by atoms with Gasteiger partial charge in [0.1, 0.15) is 11.5 Å². The summed E-state index contributed by atoms with van der Waals surface area (Å²) in [6.45, 7) is 3.80. The van der Waals surface area contributed by atoms with E-state index in [0.717, 1.165) is 31.9 Å². The monoisotopic (exact) mass is 270 g/mol. The maximum atomic E-state index is 10.2. The molecular weight excluding hydrogens is 252 g/mol. The van der Waals surface area contributed by atoms with Crippen LogP contribution in [0, 0.1) is 0 Å². The number of rotatable bonds is 2. The van der Waals surface area contributed by atoms with E-state index in [4.69, 9.17) is 0 Å². The van der Waals surface area contributed by atoms with Crippen molar-refractivity contribution in [1.29, 1.82) is 0 Å². The van der Waals surface area contributed by atoms with Gasteiger partial charge in [-0.05, 0) is 18.2 Å².